The van der Waals surface area contributed by atoms with Gasteiger partial charge in [0.25, 0.3) is 0 Å². The summed E-state index contributed by atoms with van der Waals surface area (Å²) in [7, 11) is 3.08. The van der Waals surface area contributed by atoms with Crippen LogP contribution in [0.15, 0.2) is 42.5 Å². The first-order valence-corrected chi connectivity index (χ1v) is 7.52. The Morgan fingerprint density at radius 3 is 2.67 bits per heavy atom. The Kier molecular flexibility index (Phi) is 6.35. The molecule has 0 atom stereocenters. The largest absolute Gasteiger partial charge is 0.497 e. The van der Waals surface area contributed by atoms with E-state index in [0.717, 1.165) is 5.56 Å². The normalized spacial score (nSPS) is 9.46. The first-order valence-electron chi connectivity index (χ1n) is 7.14. The van der Waals surface area contributed by atoms with E-state index in [4.69, 9.17) is 21.1 Å². The number of carbonyl (C=O) groups is 1. The highest BCUT2D eigenvalue weighted by atomic mass is 35.5. The van der Waals surface area contributed by atoms with Crippen molar-refractivity contribution in [2.24, 2.45) is 0 Å². The van der Waals surface area contributed by atoms with Gasteiger partial charge in [0.1, 0.15) is 11.5 Å². The standard InChI is InChI=1S/C18H17ClN2O3/c1-23-14-9-10-16(17(12-14)24-2)21-18(22)20-11-5-7-13-6-3-4-8-15(13)19/h3-4,6,8-10,12H,11H2,1-2H3,(H2,20,21,22). The lowest BCUT2D eigenvalue weighted by Gasteiger charge is -2.11. The van der Waals surface area contributed by atoms with Crippen molar-refractivity contribution in [1.82, 2.24) is 5.32 Å². The molecule has 24 heavy (non-hydrogen) atoms. The third kappa shape index (κ3) is 4.83. The minimum atomic E-state index is -0.382. The molecule has 124 valence electrons. The SMILES string of the molecule is COc1ccc(NC(=O)NCC#Cc2ccccc2Cl)c(OC)c1. The molecule has 0 aliphatic heterocycles. The van der Waals surface area contributed by atoms with E-state index in [0.29, 0.717) is 22.2 Å². The van der Waals surface area contributed by atoms with E-state index in [2.05, 4.69) is 22.5 Å². The van der Waals surface area contributed by atoms with E-state index in [1.165, 1.54) is 7.11 Å². The maximum Gasteiger partial charge on any atom is 0.320 e. The number of anilines is 1. The Morgan fingerprint density at radius 1 is 1.17 bits per heavy atom. The maximum absolute atomic E-state index is 11.9. The van der Waals surface area contributed by atoms with Gasteiger partial charge in [-0.3, -0.25) is 0 Å². The highest BCUT2D eigenvalue weighted by Crippen LogP contribution is 2.28. The quantitative estimate of drug-likeness (QED) is 0.834. The Bertz CT molecular complexity index is 781. The monoisotopic (exact) mass is 344 g/mol. The second-order valence-corrected chi connectivity index (χ2v) is 5.06. The van der Waals surface area contributed by atoms with Gasteiger partial charge in [-0.05, 0) is 24.3 Å². The number of halogens is 1. The summed E-state index contributed by atoms with van der Waals surface area (Å²) >= 11 is 6.00. The molecule has 0 heterocycles. The zero-order valence-corrected chi connectivity index (χ0v) is 14.1. The van der Waals surface area contributed by atoms with Crippen LogP contribution in [0.4, 0.5) is 10.5 Å². The van der Waals surface area contributed by atoms with E-state index in [9.17, 15) is 4.79 Å². The number of urea groups is 1. The number of nitrogens with one attached hydrogen (secondary N) is 2. The van der Waals surface area contributed by atoms with Crippen LogP contribution in [0.25, 0.3) is 0 Å². The number of hydrogen-bond acceptors (Lipinski definition) is 3. The van der Waals surface area contributed by atoms with Gasteiger partial charge in [-0.25, -0.2) is 4.79 Å². The number of carbonyl (C=O) groups excluding carboxylic acids is 1. The van der Waals surface area contributed by atoms with E-state index in [1.807, 2.05) is 18.2 Å². The Balaban J connectivity index is 1.92. The highest BCUT2D eigenvalue weighted by Gasteiger charge is 2.07. The molecule has 0 saturated carbocycles. The van der Waals surface area contributed by atoms with Crippen molar-refractivity contribution < 1.29 is 14.3 Å². The smallest absolute Gasteiger partial charge is 0.320 e. The van der Waals surface area contributed by atoms with Gasteiger partial charge in [-0.15, -0.1) is 0 Å². The average molecular weight is 345 g/mol. The van der Waals surface area contributed by atoms with Gasteiger partial charge in [0, 0.05) is 11.6 Å². The first kappa shape index (κ1) is 17.5. The van der Waals surface area contributed by atoms with Crippen LogP contribution in [0.5, 0.6) is 11.5 Å². The summed E-state index contributed by atoms with van der Waals surface area (Å²) in [6.45, 7) is 0.190. The van der Waals surface area contributed by atoms with Crippen molar-refractivity contribution >= 4 is 23.3 Å². The molecule has 0 aromatic heterocycles. The summed E-state index contributed by atoms with van der Waals surface area (Å²) in [5, 5.41) is 5.93. The third-order valence-electron chi connectivity index (χ3n) is 3.09. The molecule has 0 saturated heterocycles. The van der Waals surface area contributed by atoms with Crippen LogP contribution in [-0.2, 0) is 0 Å². The molecule has 2 aromatic carbocycles. The lowest BCUT2D eigenvalue weighted by molar-refractivity contribution is 0.253. The summed E-state index contributed by atoms with van der Waals surface area (Å²) in [6, 6.07) is 12.0. The second-order valence-electron chi connectivity index (χ2n) is 4.66. The van der Waals surface area contributed by atoms with Crippen molar-refractivity contribution in [3.8, 4) is 23.3 Å². The Morgan fingerprint density at radius 2 is 1.96 bits per heavy atom. The fourth-order valence-electron chi connectivity index (χ4n) is 1.89. The van der Waals surface area contributed by atoms with E-state index < -0.39 is 0 Å². The molecule has 0 radical (unpaired) electrons. The molecule has 5 nitrogen and oxygen atoms in total. The van der Waals surface area contributed by atoms with Gasteiger partial charge in [-0.2, -0.15) is 0 Å². The van der Waals surface area contributed by atoms with Gasteiger partial charge >= 0.3 is 6.03 Å². The van der Waals surface area contributed by atoms with Gasteiger partial charge in [0.15, 0.2) is 0 Å². The van der Waals surface area contributed by atoms with Crippen LogP contribution in [0, 0.1) is 11.8 Å². The minimum absolute atomic E-state index is 0.190. The van der Waals surface area contributed by atoms with Crippen LogP contribution in [0.2, 0.25) is 5.02 Å². The van der Waals surface area contributed by atoms with Crippen LogP contribution in [0.1, 0.15) is 5.56 Å². The summed E-state index contributed by atoms with van der Waals surface area (Å²) < 4.78 is 10.3. The lowest BCUT2D eigenvalue weighted by Crippen LogP contribution is -2.29. The van der Waals surface area contributed by atoms with Crippen molar-refractivity contribution in [1.29, 1.82) is 0 Å². The van der Waals surface area contributed by atoms with Gasteiger partial charge in [0.05, 0.1) is 31.5 Å². The fraction of sp³-hybridized carbons (Fsp3) is 0.167. The van der Waals surface area contributed by atoms with Crippen LogP contribution in [-0.4, -0.2) is 26.8 Å². The molecule has 2 amide bonds. The average Bonchev–Trinajstić information content (AvgIpc) is 2.60. The van der Waals surface area contributed by atoms with Gasteiger partial charge in [-0.1, -0.05) is 35.6 Å². The fourth-order valence-corrected chi connectivity index (χ4v) is 2.08. The highest BCUT2D eigenvalue weighted by molar-refractivity contribution is 6.31. The predicted octanol–water partition coefficient (Wildman–Crippen LogP) is 3.53. The van der Waals surface area contributed by atoms with Crippen molar-refractivity contribution in [3.63, 3.8) is 0 Å². The molecule has 0 aliphatic rings. The minimum Gasteiger partial charge on any atom is -0.497 e. The number of benzene rings is 2. The molecule has 2 N–H and O–H groups in total. The molecule has 0 bridgehead atoms. The predicted molar refractivity (Wildman–Crippen MR) is 94.9 cm³/mol. The van der Waals surface area contributed by atoms with Gasteiger partial charge in [0.2, 0.25) is 0 Å². The Hall–Kier alpha value is -2.84. The summed E-state index contributed by atoms with van der Waals surface area (Å²) in [5.74, 6) is 6.90. The van der Waals surface area contributed by atoms with E-state index in [-0.39, 0.29) is 12.6 Å². The van der Waals surface area contributed by atoms with Crippen molar-refractivity contribution in [3.05, 3.63) is 53.1 Å². The second kappa shape index (κ2) is 8.70. The number of amides is 2. The topological polar surface area (TPSA) is 59.6 Å². The third-order valence-corrected chi connectivity index (χ3v) is 3.42. The first-order chi connectivity index (χ1) is 11.6. The van der Waals surface area contributed by atoms with Crippen molar-refractivity contribution in [2.75, 3.05) is 26.1 Å². The molecular formula is C18H17ClN2O3. The zero-order chi connectivity index (χ0) is 17.4. The molecule has 6 heteroatoms. The van der Waals surface area contributed by atoms with Crippen LogP contribution < -0.4 is 20.1 Å². The summed E-state index contributed by atoms with van der Waals surface area (Å²) in [4.78, 5) is 11.9. The molecular weight excluding hydrogens is 328 g/mol. The molecule has 2 aromatic rings. The molecule has 0 fully saturated rings. The summed E-state index contributed by atoms with van der Waals surface area (Å²) in [5.41, 5.74) is 1.26. The zero-order valence-electron chi connectivity index (χ0n) is 13.4. The number of methoxy groups -OCH3 is 2. The van der Waals surface area contributed by atoms with Crippen LogP contribution in [0.3, 0.4) is 0 Å². The molecule has 0 unspecified atom stereocenters. The van der Waals surface area contributed by atoms with E-state index in [1.54, 1.807) is 31.4 Å². The van der Waals surface area contributed by atoms with E-state index >= 15 is 0 Å². The van der Waals surface area contributed by atoms with Crippen molar-refractivity contribution in [2.45, 2.75) is 0 Å². The number of ether oxygens (including phenoxy) is 2. The van der Waals surface area contributed by atoms with Crippen LogP contribution >= 0.6 is 11.6 Å². The molecule has 2 rings (SSSR count). The maximum atomic E-state index is 11.9. The Labute approximate surface area is 145 Å². The number of hydrogen-bond donors (Lipinski definition) is 2. The summed E-state index contributed by atoms with van der Waals surface area (Å²) in [6.07, 6.45) is 0. The molecule has 0 aliphatic carbocycles. The molecule has 0 spiro atoms. The number of rotatable bonds is 4. The van der Waals surface area contributed by atoms with Gasteiger partial charge < -0.3 is 20.1 Å². The lowest BCUT2D eigenvalue weighted by atomic mass is 10.2.